The second-order valence-electron chi connectivity index (χ2n) is 4.22. The van der Waals surface area contributed by atoms with E-state index in [-0.39, 0.29) is 18.2 Å². The van der Waals surface area contributed by atoms with Gasteiger partial charge in [0.1, 0.15) is 11.5 Å². The molecule has 0 aliphatic carbocycles. The number of rotatable bonds is 2. The van der Waals surface area contributed by atoms with E-state index >= 15 is 0 Å². The molecule has 3 aromatic rings. The molecule has 0 fully saturated rings. The number of para-hydroxylation sites is 1. The fourth-order valence-corrected chi connectivity index (χ4v) is 1.93. The van der Waals surface area contributed by atoms with Crippen LogP contribution < -0.4 is 5.73 Å². The Morgan fingerprint density at radius 2 is 1.60 bits per heavy atom. The summed E-state index contributed by atoms with van der Waals surface area (Å²) in [6, 6.07) is 15.8. The summed E-state index contributed by atoms with van der Waals surface area (Å²) in [7, 11) is 0. The van der Waals surface area contributed by atoms with Crippen molar-refractivity contribution >= 4 is 18.1 Å². The predicted octanol–water partition coefficient (Wildman–Crippen LogP) is 3.68. The highest BCUT2D eigenvalue weighted by molar-refractivity contribution is 5.85. The van der Waals surface area contributed by atoms with Crippen molar-refractivity contribution in [2.75, 3.05) is 5.73 Å². The van der Waals surface area contributed by atoms with Crippen molar-refractivity contribution in [2.45, 2.75) is 0 Å². The Hall–Kier alpha value is -2.33. The van der Waals surface area contributed by atoms with Gasteiger partial charge in [0.05, 0.1) is 17.6 Å². The van der Waals surface area contributed by atoms with Gasteiger partial charge in [-0.25, -0.2) is 9.07 Å². The van der Waals surface area contributed by atoms with Crippen molar-refractivity contribution in [3.05, 3.63) is 66.6 Å². The van der Waals surface area contributed by atoms with E-state index in [1.165, 1.54) is 12.1 Å². The zero-order chi connectivity index (χ0) is 13.2. The third-order valence-electron chi connectivity index (χ3n) is 2.88. The van der Waals surface area contributed by atoms with Crippen LogP contribution in [0.5, 0.6) is 0 Å². The minimum atomic E-state index is -0.273. The van der Waals surface area contributed by atoms with Crippen molar-refractivity contribution in [3.63, 3.8) is 0 Å². The quantitative estimate of drug-likeness (QED) is 0.782. The normalized spacial score (nSPS) is 10.1. The summed E-state index contributed by atoms with van der Waals surface area (Å²) in [5, 5.41) is 4.45. The van der Waals surface area contributed by atoms with Crippen LogP contribution in [-0.4, -0.2) is 9.78 Å². The maximum Gasteiger partial charge on any atom is 0.123 e. The van der Waals surface area contributed by atoms with Crippen LogP contribution in [0.2, 0.25) is 0 Å². The third-order valence-corrected chi connectivity index (χ3v) is 2.88. The van der Waals surface area contributed by atoms with Crippen LogP contribution in [0.25, 0.3) is 16.9 Å². The molecule has 1 aromatic heterocycles. The molecule has 0 amide bonds. The zero-order valence-electron chi connectivity index (χ0n) is 10.5. The van der Waals surface area contributed by atoms with E-state index in [4.69, 9.17) is 5.73 Å². The van der Waals surface area contributed by atoms with Crippen molar-refractivity contribution in [2.24, 2.45) is 0 Å². The topological polar surface area (TPSA) is 43.8 Å². The Morgan fingerprint density at radius 3 is 2.25 bits per heavy atom. The number of nitrogen functional groups attached to an aromatic ring is 1. The zero-order valence-corrected chi connectivity index (χ0v) is 11.3. The fraction of sp³-hybridized carbons (Fsp3) is 0. The molecular formula is C15H13ClFN3. The molecule has 2 N–H and O–H groups in total. The molecule has 0 bridgehead atoms. The lowest BCUT2D eigenvalue weighted by Crippen LogP contribution is -1.94. The summed E-state index contributed by atoms with van der Waals surface area (Å²) in [6.45, 7) is 0. The predicted molar refractivity (Wildman–Crippen MR) is 80.6 cm³/mol. The number of nitrogens with two attached hydrogens (primary N) is 1. The molecule has 0 aliphatic heterocycles. The lowest BCUT2D eigenvalue weighted by molar-refractivity contribution is 0.628. The smallest absolute Gasteiger partial charge is 0.123 e. The van der Waals surface area contributed by atoms with Crippen molar-refractivity contribution in [3.8, 4) is 16.9 Å². The highest BCUT2D eigenvalue weighted by atomic mass is 35.5. The number of aromatic nitrogens is 2. The van der Waals surface area contributed by atoms with E-state index in [1.54, 1.807) is 23.0 Å². The highest BCUT2D eigenvalue weighted by Crippen LogP contribution is 2.25. The molecule has 0 unspecified atom stereocenters. The number of nitrogens with zero attached hydrogens (tertiary/aromatic N) is 2. The highest BCUT2D eigenvalue weighted by Gasteiger charge is 2.09. The van der Waals surface area contributed by atoms with Crippen molar-refractivity contribution in [1.82, 2.24) is 9.78 Å². The molecule has 102 valence electrons. The first-order chi connectivity index (χ1) is 9.24. The van der Waals surface area contributed by atoms with Gasteiger partial charge in [0.25, 0.3) is 0 Å². The Labute approximate surface area is 122 Å². The summed E-state index contributed by atoms with van der Waals surface area (Å²) in [6.07, 6.45) is 1.76. The van der Waals surface area contributed by atoms with E-state index in [2.05, 4.69) is 5.10 Å². The minimum Gasteiger partial charge on any atom is -0.396 e. The molecule has 20 heavy (non-hydrogen) atoms. The third kappa shape index (κ3) is 2.65. The number of hydrogen-bond donors (Lipinski definition) is 1. The second kappa shape index (κ2) is 5.75. The van der Waals surface area contributed by atoms with Gasteiger partial charge in [0.15, 0.2) is 0 Å². The average molecular weight is 290 g/mol. The Kier molecular flexibility index (Phi) is 4.05. The summed E-state index contributed by atoms with van der Waals surface area (Å²) >= 11 is 0. The van der Waals surface area contributed by atoms with E-state index in [0.717, 1.165) is 11.3 Å². The second-order valence-corrected chi connectivity index (χ2v) is 4.22. The maximum absolute atomic E-state index is 12.9. The SMILES string of the molecule is Cl.Nc1cn(-c2ccccc2)nc1-c1ccc(F)cc1. The Morgan fingerprint density at radius 1 is 0.950 bits per heavy atom. The molecule has 1 heterocycles. The Balaban J connectivity index is 0.00000147. The molecule has 0 saturated heterocycles. The molecule has 0 radical (unpaired) electrons. The molecular weight excluding hydrogens is 277 g/mol. The number of anilines is 1. The van der Waals surface area contributed by atoms with Crippen LogP contribution in [0.1, 0.15) is 0 Å². The van der Waals surface area contributed by atoms with Crippen LogP contribution in [0.4, 0.5) is 10.1 Å². The fourth-order valence-electron chi connectivity index (χ4n) is 1.93. The molecule has 3 nitrogen and oxygen atoms in total. The first-order valence-electron chi connectivity index (χ1n) is 5.90. The first kappa shape index (κ1) is 14.1. The van der Waals surface area contributed by atoms with Crippen LogP contribution in [0, 0.1) is 5.82 Å². The average Bonchev–Trinajstić information content (AvgIpc) is 2.83. The number of halogens is 2. The number of benzene rings is 2. The largest absolute Gasteiger partial charge is 0.396 e. The molecule has 0 atom stereocenters. The summed E-state index contributed by atoms with van der Waals surface area (Å²) in [5.74, 6) is -0.273. The summed E-state index contributed by atoms with van der Waals surface area (Å²) in [5.41, 5.74) is 8.93. The standard InChI is InChI=1S/C15H12FN3.ClH/c16-12-8-6-11(7-9-12)15-14(17)10-19(18-15)13-4-2-1-3-5-13;/h1-10H,17H2;1H. The number of hydrogen-bond acceptors (Lipinski definition) is 2. The molecule has 3 rings (SSSR count). The molecule has 0 aliphatic rings. The molecule has 5 heteroatoms. The monoisotopic (exact) mass is 289 g/mol. The van der Waals surface area contributed by atoms with Crippen LogP contribution in [-0.2, 0) is 0 Å². The summed E-state index contributed by atoms with van der Waals surface area (Å²) in [4.78, 5) is 0. The maximum atomic E-state index is 12.9. The van der Waals surface area contributed by atoms with Crippen LogP contribution >= 0.6 is 12.4 Å². The van der Waals surface area contributed by atoms with E-state index in [1.807, 2.05) is 30.3 Å². The van der Waals surface area contributed by atoms with Gasteiger partial charge >= 0.3 is 0 Å². The van der Waals surface area contributed by atoms with Crippen molar-refractivity contribution in [1.29, 1.82) is 0 Å². The summed E-state index contributed by atoms with van der Waals surface area (Å²) < 4.78 is 14.6. The van der Waals surface area contributed by atoms with E-state index in [9.17, 15) is 4.39 Å². The van der Waals surface area contributed by atoms with Gasteiger partial charge < -0.3 is 5.73 Å². The van der Waals surface area contributed by atoms with Gasteiger partial charge in [0, 0.05) is 5.56 Å². The van der Waals surface area contributed by atoms with E-state index in [0.29, 0.717) is 11.4 Å². The first-order valence-corrected chi connectivity index (χ1v) is 5.90. The van der Waals surface area contributed by atoms with E-state index < -0.39 is 0 Å². The lowest BCUT2D eigenvalue weighted by atomic mass is 10.1. The van der Waals surface area contributed by atoms with Gasteiger partial charge in [-0.2, -0.15) is 5.10 Å². The van der Waals surface area contributed by atoms with Crippen LogP contribution in [0.15, 0.2) is 60.8 Å². The lowest BCUT2D eigenvalue weighted by Gasteiger charge is -2.00. The van der Waals surface area contributed by atoms with Crippen molar-refractivity contribution < 1.29 is 4.39 Å². The minimum absolute atomic E-state index is 0. The van der Waals surface area contributed by atoms with Gasteiger partial charge in [0.2, 0.25) is 0 Å². The molecule has 2 aromatic carbocycles. The van der Waals surface area contributed by atoms with Gasteiger partial charge in [-0.3, -0.25) is 0 Å². The van der Waals surface area contributed by atoms with Gasteiger partial charge in [-0.15, -0.1) is 12.4 Å². The Bertz CT molecular complexity index is 693. The van der Waals surface area contributed by atoms with Gasteiger partial charge in [-0.05, 0) is 36.4 Å². The molecule has 0 spiro atoms. The molecule has 0 saturated carbocycles. The van der Waals surface area contributed by atoms with Gasteiger partial charge in [-0.1, -0.05) is 18.2 Å². The van der Waals surface area contributed by atoms with Crippen LogP contribution in [0.3, 0.4) is 0 Å².